The maximum Gasteiger partial charge on any atom is 0.0949 e. The molecule has 1 aliphatic rings. The van der Waals surface area contributed by atoms with Crippen molar-refractivity contribution in [3.05, 3.63) is 0 Å². The van der Waals surface area contributed by atoms with Gasteiger partial charge in [0.1, 0.15) is 0 Å². The van der Waals surface area contributed by atoms with Crippen LogP contribution >= 0.6 is 0 Å². The first-order chi connectivity index (χ1) is 4.22. The largest absolute Gasteiger partial charge is 0.390 e. The molecule has 0 aromatic carbocycles. The highest BCUT2D eigenvalue weighted by Gasteiger charge is 2.26. The summed E-state index contributed by atoms with van der Waals surface area (Å²) < 4.78 is 0. The van der Waals surface area contributed by atoms with E-state index in [0.29, 0.717) is 6.42 Å². The summed E-state index contributed by atoms with van der Waals surface area (Å²) in [6.07, 6.45) is 1.17. The van der Waals surface area contributed by atoms with Gasteiger partial charge in [0.05, 0.1) is 12.2 Å². The number of aliphatic hydroxyl groups is 2. The van der Waals surface area contributed by atoms with E-state index < -0.39 is 12.2 Å². The second-order valence-corrected chi connectivity index (χ2v) is 2.65. The van der Waals surface area contributed by atoms with E-state index in [1.807, 2.05) is 0 Å². The van der Waals surface area contributed by atoms with Crippen LogP contribution in [0.3, 0.4) is 0 Å². The van der Waals surface area contributed by atoms with Gasteiger partial charge in [0.2, 0.25) is 0 Å². The molecule has 0 aliphatic heterocycles. The molecular weight excluding hydrogens is 118 g/mol. The summed E-state index contributed by atoms with van der Waals surface area (Å²) in [6.45, 7) is 0. The van der Waals surface area contributed by atoms with Crippen molar-refractivity contribution in [3.8, 4) is 0 Å². The summed E-state index contributed by atoms with van der Waals surface area (Å²) in [5.41, 5.74) is 5.46. The molecule has 1 fully saturated rings. The molecule has 0 saturated heterocycles. The minimum atomic E-state index is -0.696. The van der Waals surface area contributed by atoms with Crippen molar-refractivity contribution in [3.63, 3.8) is 0 Å². The smallest absolute Gasteiger partial charge is 0.0949 e. The fraction of sp³-hybridized carbons (Fsp3) is 1.00. The topological polar surface area (TPSA) is 66.5 Å². The predicted octanol–water partition coefficient (Wildman–Crippen LogP) is -0.781. The van der Waals surface area contributed by atoms with Crippen LogP contribution in [0.25, 0.3) is 0 Å². The van der Waals surface area contributed by atoms with Gasteiger partial charge in [-0.3, -0.25) is 0 Å². The molecule has 1 saturated carbocycles. The molecule has 0 aromatic rings. The fourth-order valence-electron chi connectivity index (χ4n) is 1.19. The monoisotopic (exact) mass is 131 g/mol. The first-order valence-electron chi connectivity index (χ1n) is 3.33. The van der Waals surface area contributed by atoms with Crippen LogP contribution in [-0.4, -0.2) is 28.5 Å². The minimum Gasteiger partial charge on any atom is -0.390 e. The van der Waals surface area contributed by atoms with Gasteiger partial charge >= 0.3 is 0 Å². The van der Waals surface area contributed by atoms with Crippen LogP contribution in [0.4, 0.5) is 0 Å². The molecule has 9 heavy (non-hydrogen) atoms. The average molecular weight is 131 g/mol. The fourth-order valence-corrected chi connectivity index (χ4v) is 1.19. The molecule has 4 N–H and O–H groups in total. The van der Waals surface area contributed by atoms with Crippen molar-refractivity contribution in [2.75, 3.05) is 0 Å². The highest BCUT2D eigenvalue weighted by Crippen LogP contribution is 2.16. The van der Waals surface area contributed by atoms with Crippen molar-refractivity contribution in [1.82, 2.24) is 0 Å². The highest BCUT2D eigenvalue weighted by atomic mass is 16.3. The van der Waals surface area contributed by atoms with Crippen LogP contribution in [0.2, 0.25) is 0 Å². The molecule has 3 atom stereocenters. The van der Waals surface area contributed by atoms with Crippen LogP contribution in [-0.2, 0) is 0 Å². The third-order valence-corrected chi connectivity index (χ3v) is 1.87. The Balaban J connectivity index is 2.41. The van der Waals surface area contributed by atoms with Gasteiger partial charge in [-0.1, -0.05) is 0 Å². The van der Waals surface area contributed by atoms with E-state index in [9.17, 15) is 0 Å². The number of hydrogen-bond donors (Lipinski definition) is 3. The molecule has 0 heterocycles. The Morgan fingerprint density at radius 2 is 1.89 bits per heavy atom. The van der Waals surface area contributed by atoms with Gasteiger partial charge in [0, 0.05) is 6.04 Å². The van der Waals surface area contributed by atoms with E-state index in [-0.39, 0.29) is 6.04 Å². The summed E-state index contributed by atoms with van der Waals surface area (Å²) in [5.74, 6) is 0. The standard InChI is InChI=1S/C6H13NO2/c7-4-2-1-3-5(8)6(4)9/h4-6,8-9H,1-3,7H2/t4-,5+,6+/m1/s1. The summed E-state index contributed by atoms with van der Waals surface area (Å²) in [5, 5.41) is 18.1. The Hall–Kier alpha value is -0.120. The second-order valence-electron chi connectivity index (χ2n) is 2.65. The van der Waals surface area contributed by atoms with E-state index in [4.69, 9.17) is 15.9 Å². The Bertz CT molecular complexity index is 87.1. The van der Waals surface area contributed by atoms with Crippen molar-refractivity contribution < 1.29 is 10.2 Å². The van der Waals surface area contributed by atoms with Gasteiger partial charge in [-0.05, 0) is 19.3 Å². The molecule has 0 bridgehead atoms. The van der Waals surface area contributed by atoms with Crippen molar-refractivity contribution in [2.45, 2.75) is 37.5 Å². The Morgan fingerprint density at radius 3 is 2.33 bits per heavy atom. The van der Waals surface area contributed by atoms with Crippen molar-refractivity contribution >= 4 is 0 Å². The average Bonchev–Trinajstić information content (AvgIpc) is 1.83. The Labute approximate surface area is 54.5 Å². The number of nitrogens with two attached hydrogens (primary N) is 1. The molecule has 0 aromatic heterocycles. The SMILES string of the molecule is N[C@@H]1CCC[C@H](O)[C@H]1O. The van der Waals surface area contributed by atoms with Gasteiger partial charge in [0.25, 0.3) is 0 Å². The van der Waals surface area contributed by atoms with E-state index in [1.54, 1.807) is 0 Å². The molecule has 1 aliphatic carbocycles. The van der Waals surface area contributed by atoms with Crippen LogP contribution < -0.4 is 5.73 Å². The van der Waals surface area contributed by atoms with E-state index >= 15 is 0 Å². The molecule has 54 valence electrons. The molecule has 0 radical (unpaired) electrons. The zero-order chi connectivity index (χ0) is 6.85. The Morgan fingerprint density at radius 1 is 1.22 bits per heavy atom. The third-order valence-electron chi connectivity index (χ3n) is 1.87. The lowest BCUT2D eigenvalue weighted by Gasteiger charge is -2.28. The zero-order valence-corrected chi connectivity index (χ0v) is 5.33. The Kier molecular flexibility index (Phi) is 2.05. The van der Waals surface area contributed by atoms with Crippen LogP contribution in [0, 0.1) is 0 Å². The van der Waals surface area contributed by atoms with E-state index in [2.05, 4.69) is 0 Å². The third kappa shape index (κ3) is 1.41. The highest BCUT2D eigenvalue weighted by molar-refractivity contribution is 4.83. The van der Waals surface area contributed by atoms with Crippen LogP contribution in [0.1, 0.15) is 19.3 Å². The maximum atomic E-state index is 9.07. The minimum absolute atomic E-state index is 0.214. The lowest BCUT2D eigenvalue weighted by Crippen LogP contribution is -2.46. The molecule has 3 heteroatoms. The second kappa shape index (κ2) is 2.64. The zero-order valence-electron chi connectivity index (χ0n) is 5.33. The van der Waals surface area contributed by atoms with Gasteiger partial charge < -0.3 is 15.9 Å². The molecule has 1 rings (SSSR count). The normalized spacial score (nSPS) is 45.0. The maximum absolute atomic E-state index is 9.07. The molecule has 0 spiro atoms. The lowest BCUT2D eigenvalue weighted by atomic mass is 9.91. The van der Waals surface area contributed by atoms with Gasteiger partial charge in [-0.25, -0.2) is 0 Å². The number of rotatable bonds is 0. The van der Waals surface area contributed by atoms with Gasteiger partial charge in [0.15, 0.2) is 0 Å². The van der Waals surface area contributed by atoms with E-state index in [0.717, 1.165) is 12.8 Å². The van der Waals surface area contributed by atoms with Crippen molar-refractivity contribution in [1.29, 1.82) is 0 Å². The van der Waals surface area contributed by atoms with Crippen molar-refractivity contribution in [2.24, 2.45) is 5.73 Å². The summed E-state index contributed by atoms with van der Waals surface area (Å²) >= 11 is 0. The molecule has 0 unspecified atom stereocenters. The summed E-state index contributed by atoms with van der Waals surface area (Å²) in [7, 11) is 0. The number of aliphatic hydroxyl groups excluding tert-OH is 2. The first-order valence-corrected chi connectivity index (χ1v) is 3.33. The molecule has 0 amide bonds. The predicted molar refractivity (Wildman–Crippen MR) is 33.8 cm³/mol. The lowest BCUT2D eigenvalue weighted by molar-refractivity contribution is -0.0205. The molecular formula is C6H13NO2. The van der Waals surface area contributed by atoms with Crippen LogP contribution in [0.15, 0.2) is 0 Å². The quantitative estimate of drug-likeness (QED) is 0.404. The van der Waals surface area contributed by atoms with Crippen LogP contribution in [0.5, 0.6) is 0 Å². The van der Waals surface area contributed by atoms with Gasteiger partial charge in [-0.15, -0.1) is 0 Å². The summed E-state index contributed by atoms with van der Waals surface area (Å²) in [6, 6.07) is -0.214. The summed E-state index contributed by atoms with van der Waals surface area (Å²) in [4.78, 5) is 0. The van der Waals surface area contributed by atoms with E-state index in [1.165, 1.54) is 0 Å². The number of hydrogen-bond acceptors (Lipinski definition) is 3. The molecule has 3 nitrogen and oxygen atoms in total. The first kappa shape index (κ1) is 6.99. The van der Waals surface area contributed by atoms with Gasteiger partial charge in [-0.2, -0.15) is 0 Å².